The van der Waals surface area contributed by atoms with Crippen LogP contribution in [-0.2, 0) is 0 Å². The minimum Gasteiger partial charge on any atom is -0.485 e. The maximum atomic E-state index is 5.84. The summed E-state index contributed by atoms with van der Waals surface area (Å²) in [6.07, 6.45) is 4.60. The fourth-order valence-electron chi connectivity index (χ4n) is 1.19. The van der Waals surface area contributed by atoms with Crippen LogP contribution in [0.3, 0.4) is 0 Å². The van der Waals surface area contributed by atoms with Crippen LogP contribution in [-0.4, -0.2) is 25.2 Å². The molecule has 1 aromatic heterocycles. The highest BCUT2D eigenvalue weighted by Gasteiger charge is 2.26. The number of anilines is 1. The number of halogens is 1. The largest absolute Gasteiger partial charge is 0.485 e. The minimum atomic E-state index is 0.423. The predicted octanol–water partition coefficient (Wildman–Crippen LogP) is 2.29. The lowest BCUT2D eigenvalue weighted by Gasteiger charge is -2.17. The van der Waals surface area contributed by atoms with Crippen molar-refractivity contribution in [3.63, 3.8) is 0 Å². The number of ether oxygens (including phenoxy) is 1. The molecule has 3 nitrogen and oxygen atoms in total. The van der Waals surface area contributed by atoms with Crippen molar-refractivity contribution in [1.82, 2.24) is 4.98 Å². The first-order valence-electron chi connectivity index (χ1n) is 4.67. The Morgan fingerprint density at radius 3 is 2.79 bits per heavy atom. The first-order chi connectivity index (χ1) is 6.68. The molecule has 14 heavy (non-hydrogen) atoms. The Morgan fingerprint density at radius 2 is 2.21 bits per heavy atom. The molecule has 0 atom stereocenters. The highest BCUT2D eigenvalue weighted by Crippen LogP contribution is 2.35. The summed E-state index contributed by atoms with van der Waals surface area (Å²) in [6, 6.07) is 1.98. The van der Waals surface area contributed by atoms with E-state index in [-0.39, 0.29) is 0 Å². The fraction of sp³-hybridized carbons (Fsp3) is 0.500. The van der Waals surface area contributed by atoms with Crippen LogP contribution in [0.5, 0.6) is 5.75 Å². The number of hydrogen-bond donors (Lipinski definition) is 0. The molecule has 0 aliphatic heterocycles. The van der Waals surface area contributed by atoms with Crippen molar-refractivity contribution in [2.24, 2.45) is 0 Å². The SMILES string of the molecule is CN(C)c1nccc(I)c1OC1CC1. The van der Waals surface area contributed by atoms with Crippen LogP contribution in [0.1, 0.15) is 12.8 Å². The van der Waals surface area contributed by atoms with E-state index in [9.17, 15) is 0 Å². The summed E-state index contributed by atoms with van der Waals surface area (Å²) >= 11 is 2.29. The van der Waals surface area contributed by atoms with Crippen molar-refractivity contribution in [2.75, 3.05) is 19.0 Å². The van der Waals surface area contributed by atoms with Gasteiger partial charge in [0, 0.05) is 20.3 Å². The molecule has 1 heterocycles. The molecule has 0 aromatic carbocycles. The molecule has 2 rings (SSSR count). The molecule has 0 radical (unpaired) electrons. The van der Waals surface area contributed by atoms with E-state index >= 15 is 0 Å². The van der Waals surface area contributed by atoms with E-state index in [1.54, 1.807) is 0 Å². The second kappa shape index (κ2) is 3.92. The number of rotatable bonds is 3. The molecule has 1 aliphatic carbocycles. The Kier molecular flexibility index (Phi) is 2.80. The van der Waals surface area contributed by atoms with Crippen molar-refractivity contribution in [1.29, 1.82) is 0 Å². The van der Waals surface area contributed by atoms with Crippen molar-refractivity contribution in [3.8, 4) is 5.75 Å². The van der Waals surface area contributed by atoms with E-state index in [1.807, 2.05) is 31.3 Å². The second-order valence-corrected chi connectivity index (χ2v) is 4.82. The van der Waals surface area contributed by atoms with Crippen LogP contribution in [0.15, 0.2) is 12.3 Å². The van der Waals surface area contributed by atoms with E-state index in [2.05, 4.69) is 27.6 Å². The summed E-state index contributed by atoms with van der Waals surface area (Å²) in [7, 11) is 3.97. The van der Waals surface area contributed by atoms with E-state index in [1.165, 1.54) is 12.8 Å². The molecule has 0 N–H and O–H groups in total. The van der Waals surface area contributed by atoms with Gasteiger partial charge in [0.15, 0.2) is 11.6 Å². The van der Waals surface area contributed by atoms with E-state index in [4.69, 9.17) is 4.74 Å². The molecule has 0 saturated heterocycles. The molecular weight excluding hydrogens is 291 g/mol. The zero-order valence-electron chi connectivity index (χ0n) is 8.33. The molecule has 0 bridgehead atoms. The lowest BCUT2D eigenvalue weighted by atomic mass is 10.4. The van der Waals surface area contributed by atoms with Gasteiger partial charge in [-0.1, -0.05) is 0 Å². The molecule has 76 valence electrons. The Hall–Kier alpha value is -0.520. The highest BCUT2D eigenvalue weighted by atomic mass is 127. The van der Waals surface area contributed by atoms with Crippen LogP contribution in [0.2, 0.25) is 0 Å². The van der Waals surface area contributed by atoms with Gasteiger partial charge in [0.05, 0.1) is 9.67 Å². The van der Waals surface area contributed by atoms with Gasteiger partial charge >= 0.3 is 0 Å². The third-order valence-electron chi connectivity index (χ3n) is 2.07. The van der Waals surface area contributed by atoms with Gasteiger partial charge in [-0.15, -0.1) is 0 Å². The lowest BCUT2D eigenvalue weighted by Crippen LogP contribution is -2.13. The van der Waals surface area contributed by atoms with E-state index in [0.717, 1.165) is 15.1 Å². The Labute approximate surface area is 97.6 Å². The molecule has 0 spiro atoms. The Bertz CT molecular complexity index is 337. The van der Waals surface area contributed by atoms with Crippen LogP contribution in [0.25, 0.3) is 0 Å². The average Bonchev–Trinajstić information content (AvgIpc) is 2.91. The van der Waals surface area contributed by atoms with Gasteiger partial charge in [-0.2, -0.15) is 0 Å². The molecule has 1 fully saturated rings. The van der Waals surface area contributed by atoms with Crippen LogP contribution < -0.4 is 9.64 Å². The van der Waals surface area contributed by atoms with Gasteiger partial charge in [-0.3, -0.25) is 0 Å². The Morgan fingerprint density at radius 1 is 1.50 bits per heavy atom. The number of aromatic nitrogens is 1. The van der Waals surface area contributed by atoms with Gasteiger partial charge in [0.2, 0.25) is 0 Å². The molecule has 4 heteroatoms. The molecule has 0 amide bonds. The summed E-state index contributed by atoms with van der Waals surface area (Å²) in [5.74, 6) is 1.85. The van der Waals surface area contributed by atoms with Gasteiger partial charge < -0.3 is 9.64 Å². The molecule has 1 aromatic rings. The van der Waals surface area contributed by atoms with E-state index < -0.39 is 0 Å². The van der Waals surface area contributed by atoms with Gasteiger partial charge in [0.1, 0.15) is 0 Å². The summed E-state index contributed by atoms with van der Waals surface area (Å²) in [5, 5.41) is 0. The van der Waals surface area contributed by atoms with Crippen molar-refractivity contribution in [3.05, 3.63) is 15.8 Å². The number of hydrogen-bond acceptors (Lipinski definition) is 3. The van der Waals surface area contributed by atoms with Crippen LogP contribution in [0, 0.1) is 3.57 Å². The first kappa shape index (κ1) is 10.0. The Balaban J connectivity index is 2.31. The fourth-order valence-corrected chi connectivity index (χ4v) is 1.72. The smallest absolute Gasteiger partial charge is 0.175 e. The topological polar surface area (TPSA) is 25.4 Å². The normalized spacial score (nSPS) is 15.4. The van der Waals surface area contributed by atoms with Gasteiger partial charge in [-0.25, -0.2) is 4.98 Å². The lowest BCUT2D eigenvalue weighted by molar-refractivity contribution is 0.300. The van der Waals surface area contributed by atoms with Crippen molar-refractivity contribution >= 4 is 28.4 Å². The summed E-state index contributed by atoms with van der Waals surface area (Å²) in [4.78, 5) is 6.30. The monoisotopic (exact) mass is 304 g/mol. The molecular formula is C10H13IN2O. The third-order valence-corrected chi connectivity index (χ3v) is 2.92. The van der Waals surface area contributed by atoms with Crippen molar-refractivity contribution in [2.45, 2.75) is 18.9 Å². The summed E-state index contributed by atoms with van der Waals surface area (Å²) in [5.41, 5.74) is 0. The molecule has 1 saturated carbocycles. The summed E-state index contributed by atoms with van der Waals surface area (Å²) in [6.45, 7) is 0. The highest BCUT2D eigenvalue weighted by molar-refractivity contribution is 14.1. The zero-order valence-corrected chi connectivity index (χ0v) is 10.5. The maximum absolute atomic E-state index is 5.84. The molecule has 1 aliphatic rings. The van der Waals surface area contributed by atoms with Crippen LogP contribution >= 0.6 is 22.6 Å². The molecule has 0 unspecified atom stereocenters. The number of nitrogens with zero attached hydrogens (tertiary/aromatic N) is 2. The van der Waals surface area contributed by atoms with Gasteiger partial charge in [-0.05, 0) is 41.5 Å². The standard InChI is InChI=1S/C10H13IN2O/c1-13(2)10-9(14-7-3-4-7)8(11)5-6-12-10/h5-7H,3-4H2,1-2H3. The van der Waals surface area contributed by atoms with Crippen LogP contribution in [0.4, 0.5) is 5.82 Å². The third kappa shape index (κ3) is 2.10. The maximum Gasteiger partial charge on any atom is 0.175 e. The predicted molar refractivity (Wildman–Crippen MR) is 64.9 cm³/mol. The van der Waals surface area contributed by atoms with E-state index in [0.29, 0.717) is 6.10 Å². The average molecular weight is 304 g/mol. The quantitative estimate of drug-likeness (QED) is 0.801. The first-order valence-corrected chi connectivity index (χ1v) is 5.75. The van der Waals surface area contributed by atoms with Gasteiger partial charge in [0.25, 0.3) is 0 Å². The zero-order chi connectivity index (χ0) is 10.1. The number of pyridine rings is 1. The minimum absolute atomic E-state index is 0.423. The second-order valence-electron chi connectivity index (χ2n) is 3.66. The summed E-state index contributed by atoms with van der Waals surface area (Å²) < 4.78 is 6.97. The van der Waals surface area contributed by atoms with Crippen molar-refractivity contribution < 1.29 is 4.74 Å².